The van der Waals surface area contributed by atoms with Gasteiger partial charge in [0.1, 0.15) is 11.5 Å². The van der Waals surface area contributed by atoms with Crippen LogP contribution in [-0.2, 0) is 0 Å². The Morgan fingerprint density at radius 3 is 2.60 bits per heavy atom. The molecule has 3 aromatic heterocycles. The second-order valence-electron chi connectivity index (χ2n) is 7.69. The number of ketones is 1. The van der Waals surface area contributed by atoms with E-state index in [-0.39, 0.29) is 22.9 Å². The molecule has 0 bridgehead atoms. The van der Waals surface area contributed by atoms with Gasteiger partial charge in [-0.1, -0.05) is 12.8 Å². The molecular weight excluding hydrogens is 380 g/mol. The highest BCUT2D eigenvalue weighted by Crippen LogP contribution is 2.32. The van der Waals surface area contributed by atoms with Crippen LogP contribution in [0.3, 0.4) is 0 Å². The van der Waals surface area contributed by atoms with Gasteiger partial charge in [0.15, 0.2) is 5.78 Å². The van der Waals surface area contributed by atoms with Crippen LogP contribution in [0.15, 0.2) is 29.3 Å². The molecule has 30 heavy (non-hydrogen) atoms. The van der Waals surface area contributed by atoms with Crippen molar-refractivity contribution in [1.29, 1.82) is 0 Å². The Balaban J connectivity index is 1.81. The van der Waals surface area contributed by atoms with E-state index in [4.69, 9.17) is 0 Å². The molecule has 4 rings (SSSR count). The van der Waals surface area contributed by atoms with Crippen LogP contribution in [0.1, 0.15) is 61.5 Å². The number of aryl methyl sites for hydroxylation is 1. The molecule has 156 valence electrons. The number of Topliss-reactive ketones (excluding diaryl/α,β-unsaturated/α-hetero) is 1. The lowest BCUT2D eigenvalue weighted by molar-refractivity contribution is 0.101. The molecule has 2 N–H and O–H groups in total. The number of nitrogens with one attached hydrogen (secondary N) is 2. The summed E-state index contributed by atoms with van der Waals surface area (Å²) in [5, 5.41) is 7.05. The summed E-state index contributed by atoms with van der Waals surface area (Å²) in [7, 11) is 0. The molecule has 0 unspecified atom stereocenters. The Hall–Kier alpha value is -3.29. The summed E-state index contributed by atoms with van der Waals surface area (Å²) in [5.41, 5.74) is 2.12. The Kier molecular flexibility index (Phi) is 5.48. The fraction of sp³-hybridized carbons (Fsp3) is 0.409. The molecule has 1 aliphatic rings. The molecule has 0 aliphatic heterocycles. The lowest BCUT2D eigenvalue weighted by Crippen LogP contribution is -2.30. The van der Waals surface area contributed by atoms with Gasteiger partial charge >= 0.3 is 0 Å². The van der Waals surface area contributed by atoms with E-state index in [1.807, 2.05) is 19.1 Å². The molecule has 1 aliphatic carbocycles. The second kappa shape index (κ2) is 8.22. The van der Waals surface area contributed by atoms with Gasteiger partial charge in [-0.05, 0) is 51.3 Å². The van der Waals surface area contributed by atoms with Crippen molar-refractivity contribution < 1.29 is 4.79 Å². The number of aromatic nitrogens is 4. The molecule has 8 nitrogen and oxygen atoms in total. The number of hydrogen-bond donors (Lipinski definition) is 2. The van der Waals surface area contributed by atoms with E-state index in [2.05, 4.69) is 25.6 Å². The highest BCUT2D eigenvalue weighted by atomic mass is 16.1. The molecule has 1 fully saturated rings. The fourth-order valence-corrected chi connectivity index (χ4v) is 4.20. The molecule has 0 spiro atoms. The van der Waals surface area contributed by atoms with Crippen LogP contribution in [-0.4, -0.2) is 31.8 Å². The second-order valence-corrected chi connectivity index (χ2v) is 7.69. The molecule has 3 heterocycles. The summed E-state index contributed by atoms with van der Waals surface area (Å²) in [5.74, 6) is 0.758. The number of rotatable bonds is 6. The van der Waals surface area contributed by atoms with Crippen molar-refractivity contribution in [2.75, 3.05) is 17.2 Å². The maximum Gasteiger partial charge on any atom is 0.263 e. The van der Waals surface area contributed by atoms with Crippen molar-refractivity contribution in [3.63, 3.8) is 0 Å². The van der Waals surface area contributed by atoms with E-state index >= 15 is 0 Å². The number of carbonyl (C=O) groups excluding carboxylic acids is 1. The lowest BCUT2D eigenvalue weighted by Gasteiger charge is -2.19. The van der Waals surface area contributed by atoms with Crippen molar-refractivity contribution in [2.45, 2.75) is 52.5 Å². The van der Waals surface area contributed by atoms with E-state index in [0.29, 0.717) is 23.0 Å². The van der Waals surface area contributed by atoms with Crippen LogP contribution in [0.2, 0.25) is 0 Å². The minimum atomic E-state index is -0.253. The Morgan fingerprint density at radius 1 is 1.20 bits per heavy atom. The predicted octanol–water partition coefficient (Wildman–Crippen LogP) is 3.99. The van der Waals surface area contributed by atoms with Gasteiger partial charge in [0.05, 0.1) is 17.4 Å². The molecule has 3 aromatic rings. The standard InChI is InChI=1S/C22H26N6O2/c1-4-23-15-9-10-18(24-11-15)26-22-25-12-17-13(2)19(14(3)29)21(30)28(20(17)27-22)16-7-5-6-8-16/h9-12,16,23H,4-8H2,1-3H3,(H,24,25,26,27). The first-order valence-electron chi connectivity index (χ1n) is 10.4. The highest BCUT2D eigenvalue weighted by molar-refractivity contribution is 5.99. The van der Waals surface area contributed by atoms with E-state index in [0.717, 1.165) is 43.3 Å². The van der Waals surface area contributed by atoms with Gasteiger partial charge in [-0.2, -0.15) is 4.98 Å². The van der Waals surface area contributed by atoms with Gasteiger partial charge < -0.3 is 10.6 Å². The van der Waals surface area contributed by atoms with Gasteiger partial charge in [0.25, 0.3) is 5.56 Å². The van der Waals surface area contributed by atoms with E-state index in [1.165, 1.54) is 6.92 Å². The molecular formula is C22H26N6O2. The third kappa shape index (κ3) is 3.65. The Labute approximate surface area is 174 Å². The van der Waals surface area contributed by atoms with E-state index < -0.39 is 0 Å². The van der Waals surface area contributed by atoms with Crippen molar-refractivity contribution in [1.82, 2.24) is 19.5 Å². The minimum Gasteiger partial charge on any atom is -0.384 e. The number of fused-ring (bicyclic) bond motifs is 1. The van der Waals surface area contributed by atoms with Gasteiger partial charge in [-0.15, -0.1) is 0 Å². The number of anilines is 3. The first-order valence-corrected chi connectivity index (χ1v) is 10.4. The number of carbonyl (C=O) groups is 1. The van der Waals surface area contributed by atoms with Gasteiger partial charge in [-0.25, -0.2) is 9.97 Å². The zero-order chi connectivity index (χ0) is 21.3. The van der Waals surface area contributed by atoms with Crippen LogP contribution < -0.4 is 16.2 Å². The van der Waals surface area contributed by atoms with Gasteiger partial charge in [0, 0.05) is 24.2 Å². The van der Waals surface area contributed by atoms with Crippen molar-refractivity contribution in [3.8, 4) is 0 Å². The van der Waals surface area contributed by atoms with Crippen LogP contribution in [0.25, 0.3) is 11.0 Å². The summed E-state index contributed by atoms with van der Waals surface area (Å²) in [6, 6.07) is 3.83. The third-order valence-electron chi connectivity index (χ3n) is 5.63. The van der Waals surface area contributed by atoms with Crippen LogP contribution in [0.4, 0.5) is 17.5 Å². The van der Waals surface area contributed by atoms with E-state index in [1.54, 1.807) is 23.9 Å². The Bertz CT molecular complexity index is 1150. The molecule has 0 saturated heterocycles. The third-order valence-corrected chi connectivity index (χ3v) is 5.63. The molecule has 0 aromatic carbocycles. The van der Waals surface area contributed by atoms with Gasteiger partial charge in [-0.3, -0.25) is 14.2 Å². The number of hydrogen-bond acceptors (Lipinski definition) is 7. The van der Waals surface area contributed by atoms with Crippen LogP contribution in [0.5, 0.6) is 0 Å². The first kappa shape index (κ1) is 20.0. The summed E-state index contributed by atoms with van der Waals surface area (Å²) in [6.07, 6.45) is 7.39. The first-order chi connectivity index (χ1) is 14.5. The fourth-order valence-electron chi connectivity index (χ4n) is 4.20. The molecule has 8 heteroatoms. The zero-order valence-electron chi connectivity index (χ0n) is 17.5. The van der Waals surface area contributed by atoms with E-state index in [9.17, 15) is 9.59 Å². The smallest absolute Gasteiger partial charge is 0.263 e. The minimum absolute atomic E-state index is 0.0546. The highest BCUT2D eigenvalue weighted by Gasteiger charge is 2.25. The predicted molar refractivity (Wildman–Crippen MR) is 118 cm³/mol. The molecule has 0 amide bonds. The zero-order valence-corrected chi connectivity index (χ0v) is 17.5. The molecule has 0 atom stereocenters. The van der Waals surface area contributed by atoms with Crippen LogP contribution >= 0.6 is 0 Å². The average molecular weight is 406 g/mol. The number of pyridine rings is 2. The SMILES string of the molecule is CCNc1ccc(Nc2ncc3c(C)c(C(C)=O)c(=O)n(C4CCCC4)c3n2)nc1. The topological polar surface area (TPSA) is 102 Å². The maximum atomic E-state index is 13.2. The van der Waals surface area contributed by atoms with Gasteiger partial charge in [0.2, 0.25) is 5.95 Å². The quantitative estimate of drug-likeness (QED) is 0.597. The largest absolute Gasteiger partial charge is 0.384 e. The normalized spacial score (nSPS) is 14.2. The van der Waals surface area contributed by atoms with Crippen molar-refractivity contribution in [3.05, 3.63) is 46.0 Å². The van der Waals surface area contributed by atoms with Crippen LogP contribution in [0, 0.1) is 6.92 Å². The molecule has 1 saturated carbocycles. The monoisotopic (exact) mass is 406 g/mol. The summed E-state index contributed by atoms with van der Waals surface area (Å²) >= 11 is 0. The van der Waals surface area contributed by atoms with Crippen molar-refractivity contribution >= 4 is 34.3 Å². The maximum absolute atomic E-state index is 13.2. The Morgan fingerprint density at radius 2 is 1.97 bits per heavy atom. The summed E-state index contributed by atoms with van der Waals surface area (Å²) < 4.78 is 1.71. The lowest BCUT2D eigenvalue weighted by atomic mass is 10.0. The molecule has 0 radical (unpaired) electrons. The average Bonchev–Trinajstić information content (AvgIpc) is 3.24. The van der Waals surface area contributed by atoms with Crippen molar-refractivity contribution in [2.24, 2.45) is 0 Å². The summed E-state index contributed by atoms with van der Waals surface area (Å²) in [6.45, 7) is 6.08. The number of nitrogens with zero attached hydrogens (tertiary/aromatic N) is 4. The summed E-state index contributed by atoms with van der Waals surface area (Å²) in [4.78, 5) is 38.9.